The molecule has 0 amide bonds. The molecular weight excluding hydrogens is 236 g/mol. The molecule has 2 aromatic carbocycles. The molecule has 0 aromatic heterocycles. The normalized spacial score (nSPS) is 10.2. The molecule has 2 aromatic rings. The predicted molar refractivity (Wildman–Crippen MR) is 76.8 cm³/mol. The first-order chi connectivity index (χ1) is 9.20. The number of hydrogen-bond acceptors (Lipinski definition) is 2. The molecule has 0 radical (unpaired) electrons. The number of carbonyl (C=O) groups is 1. The minimum Gasteiger partial charge on any atom is -0.497 e. The van der Waals surface area contributed by atoms with Crippen molar-refractivity contribution in [3.63, 3.8) is 0 Å². The van der Waals surface area contributed by atoms with E-state index in [0.29, 0.717) is 6.42 Å². The van der Waals surface area contributed by atoms with Crippen molar-refractivity contribution in [1.82, 2.24) is 0 Å². The Balaban J connectivity index is 1.99. The van der Waals surface area contributed by atoms with Crippen molar-refractivity contribution in [1.29, 1.82) is 0 Å². The third-order valence-electron chi connectivity index (χ3n) is 3.29. The molecule has 0 heterocycles. The number of ether oxygens (including phenoxy) is 1. The van der Waals surface area contributed by atoms with Gasteiger partial charge in [0.05, 0.1) is 7.11 Å². The summed E-state index contributed by atoms with van der Waals surface area (Å²) in [6.45, 7) is 2.08. The number of methoxy groups -OCH3 is 1. The maximum Gasteiger partial charge on any atom is 0.163 e. The van der Waals surface area contributed by atoms with E-state index in [4.69, 9.17) is 4.74 Å². The Morgan fingerprint density at radius 2 is 1.74 bits per heavy atom. The van der Waals surface area contributed by atoms with Gasteiger partial charge >= 0.3 is 0 Å². The van der Waals surface area contributed by atoms with Crippen molar-refractivity contribution in [3.8, 4) is 5.75 Å². The van der Waals surface area contributed by atoms with E-state index >= 15 is 0 Å². The lowest BCUT2D eigenvalue weighted by atomic mass is 10.00. The lowest BCUT2D eigenvalue weighted by Gasteiger charge is -2.05. The van der Waals surface area contributed by atoms with E-state index in [9.17, 15) is 4.79 Å². The summed E-state index contributed by atoms with van der Waals surface area (Å²) in [5.41, 5.74) is 3.23. The highest BCUT2D eigenvalue weighted by Crippen LogP contribution is 2.15. The average Bonchev–Trinajstić information content (AvgIpc) is 2.46. The van der Waals surface area contributed by atoms with Crippen molar-refractivity contribution in [2.45, 2.75) is 19.8 Å². The Morgan fingerprint density at radius 3 is 2.37 bits per heavy atom. The highest BCUT2D eigenvalue weighted by atomic mass is 16.5. The molecular formula is C17H18O2. The molecule has 0 bridgehead atoms. The van der Waals surface area contributed by atoms with Gasteiger partial charge in [-0.25, -0.2) is 0 Å². The summed E-state index contributed by atoms with van der Waals surface area (Å²) in [7, 11) is 1.62. The van der Waals surface area contributed by atoms with E-state index in [-0.39, 0.29) is 5.78 Å². The van der Waals surface area contributed by atoms with Crippen LogP contribution in [-0.4, -0.2) is 12.9 Å². The molecule has 0 saturated carbocycles. The maximum absolute atomic E-state index is 12.1. The summed E-state index contributed by atoms with van der Waals surface area (Å²) in [5, 5.41) is 0. The fourth-order valence-corrected chi connectivity index (χ4v) is 2.06. The summed E-state index contributed by atoms with van der Waals surface area (Å²) < 4.78 is 5.08. The minimum absolute atomic E-state index is 0.172. The van der Waals surface area contributed by atoms with Gasteiger partial charge in [0.15, 0.2) is 5.78 Å². The molecule has 0 aliphatic carbocycles. The van der Waals surface area contributed by atoms with Crippen LogP contribution < -0.4 is 4.74 Å². The number of benzene rings is 2. The molecule has 0 fully saturated rings. The van der Waals surface area contributed by atoms with E-state index in [2.05, 4.69) is 19.1 Å². The number of carbonyl (C=O) groups excluding carboxylic acids is 1. The lowest BCUT2D eigenvalue weighted by Crippen LogP contribution is -2.02. The van der Waals surface area contributed by atoms with E-state index in [1.165, 1.54) is 11.1 Å². The predicted octanol–water partition coefficient (Wildman–Crippen LogP) is 3.82. The van der Waals surface area contributed by atoms with Gasteiger partial charge in [-0.2, -0.15) is 0 Å². The second kappa shape index (κ2) is 6.19. The van der Waals surface area contributed by atoms with E-state index in [0.717, 1.165) is 17.7 Å². The zero-order valence-corrected chi connectivity index (χ0v) is 11.3. The second-order valence-corrected chi connectivity index (χ2v) is 4.58. The van der Waals surface area contributed by atoms with Crippen molar-refractivity contribution >= 4 is 5.78 Å². The molecule has 19 heavy (non-hydrogen) atoms. The van der Waals surface area contributed by atoms with Gasteiger partial charge in [0.2, 0.25) is 0 Å². The van der Waals surface area contributed by atoms with E-state index in [1.54, 1.807) is 7.11 Å². The van der Waals surface area contributed by atoms with E-state index in [1.807, 2.05) is 36.4 Å². The molecule has 2 nitrogen and oxygen atoms in total. The van der Waals surface area contributed by atoms with Crippen LogP contribution in [0.25, 0.3) is 0 Å². The molecule has 0 N–H and O–H groups in total. The van der Waals surface area contributed by atoms with Crippen molar-refractivity contribution < 1.29 is 9.53 Å². The fourth-order valence-electron chi connectivity index (χ4n) is 2.06. The quantitative estimate of drug-likeness (QED) is 0.758. The Kier molecular flexibility index (Phi) is 4.35. The van der Waals surface area contributed by atoms with Crippen molar-refractivity contribution in [3.05, 3.63) is 65.2 Å². The molecule has 2 heteroatoms. The van der Waals surface area contributed by atoms with Gasteiger partial charge in [-0.15, -0.1) is 0 Å². The monoisotopic (exact) mass is 254 g/mol. The number of rotatable bonds is 5. The van der Waals surface area contributed by atoms with Gasteiger partial charge in [-0.3, -0.25) is 4.79 Å². The van der Waals surface area contributed by atoms with Crippen LogP contribution in [0.15, 0.2) is 48.5 Å². The Morgan fingerprint density at radius 1 is 1.05 bits per heavy atom. The molecule has 0 aliphatic heterocycles. The molecule has 0 spiro atoms. The molecule has 0 aliphatic rings. The van der Waals surface area contributed by atoms with Gasteiger partial charge < -0.3 is 4.74 Å². The smallest absolute Gasteiger partial charge is 0.163 e. The van der Waals surface area contributed by atoms with E-state index < -0.39 is 0 Å². The molecule has 0 atom stereocenters. The van der Waals surface area contributed by atoms with Crippen LogP contribution in [0.2, 0.25) is 0 Å². The number of ketones is 1. The molecule has 2 rings (SSSR count). The maximum atomic E-state index is 12.1. The zero-order chi connectivity index (χ0) is 13.7. The average molecular weight is 254 g/mol. The molecule has 0 saturated heterocycles. The van der Waals surface area contributed by atoms with Crippen LogP contribution in [0.4, 0.5) is 0 Å². The Bertz CT molecular complexity index is 556. The summed E-state index contributed by atoms with van der Waals surface area (Å²) in [5.74, 6) is 0.946. The summed E-state index contributed by atoms with van der Waals surface area (Å²) in [6, 6.07) is 15.5. The summed E-state index contributed by atoms with van der Waals surface area (Å²) >= 11 is 0. The lowest BCUT2D eigenvalue weighted by molar-refractivity contribution is 0.0983. The van der Waals surface area contributed by atoms with Crippen LogP contribution in [0.5, 0.6) is 5.75 Å². The first-order valence-electron chi connectivity index (χ1n) is 6.42. The SMILES string of the molecule is COc1ccc(C(=O)CCc2ccccc2C)cc1. The third kappa shape index (κ3) is 3.44. The highest BCUT2D eigenvalue weighted by Gasteiger charge is 2.07. The van der Waals surface area contributed by atoms with Crippen molar-refractivity contribution in [2.24, 2.45) is 0 Å². The van der Waals surface area contributed by atoms with Crippen LogP contribution in [-0.2, 0) is 6.42 Å². The summed E-state index contributed by atoms with van der Waals surface area (Å²) in [6.07, 6.45) is 1.33. The topological polar surface area (TPSA) is 26.3 Å². The number of aryl methyl sites for hydroxylation is 2. The fraction of sp³-hybridized carbons (Fsp3) is 0.235. The first kappa shape index (κ1) is 13.3. The Hall–Kier alpha value is -2.09. The first-order valence-corrected chi connectivity index (χ1v) is 6.42. The van der Waals surface area contributed by atoms with Crippen LogP contribution >= 0.6 is 0 Å². The Labute approximate surface area is 114 Å². The van der Waals surface area contributed by atoms with Crippen LogP contribution in [0, 0.1) is 6.92 Å². The highest BCUT2D eigenvalue weighted by molar-refractivity contribution is 5.96. The largest absolute Gasteiger partial charge is 0.497 e. The van der Waals surface area contributed by atoms with Gasteiger partial charge in [0.25, 0.3) is 0 Å². The number of Topliss-reactive ketones (excluding diaryl/α,β-unsaturated/α-hetero) is 1. The minimum atomic E-state index is 0.172. The van der Waals surface area contributed by atoms with Gasteiger partial charge in [0.1, 0.15) is 5.75 Å². The molecule has 98 valence electrons. The van der Waals surface area contributed by atoms with Crippen LogP contribution in [0.3, 0.4) is 0 Å². The second-order valence-electron chi connectivity index (χ2n) is 4.58. The summed E-state index contributed by atoms with van der Waals surface area (Å²) in [4.78, 5) is 12.1. The van der Waals surface area contributed by atoms with Gasteiger partial charge in [-0.1, -0.05) is 24.3 Å². The molecule has 0 unspecified atom stereocenters. The standard InChI is InChI=1S/C17H18O2/c1-13-5-3-4-6-14(13)9-12-17(18)15-7-10-16(19-2)11-8-15/h3-8,10-11H,9,12H2,1-2H3. The van der Waals surface area contributed by atoms with Crippen LogP contribution in [0.1, 0.15) is 27.9 Å². The number of hydrogen-bond donors (Lipinski definition) is 0. The van der Waals surface area contributed by atoms with Crippen molar-refractivity contribution in [2.75, 3.05) is 7.11 Å². The third-order valence-corrected chi connectivity index (χ3v) is 3.29. The van der Waals surface area contributed by atoms with Gasteiger partial charge in [-0.05, 0) is 48.7 Å². The zero-order valence-electron chi connectivity index (χ0n) is 11.3. The van der Waals surface area contributed by atoms with Gasteiger partial charge in [0, 0.05) is 12.0 Å².